The molecule has 2 amide bonds. The standard InChI is InChI=1S/C17H21N3O6/c1-5-19-10(3)14(16(21)26-6-2)15(18-17(19)22)11-7-8-13(25-4)12(9-11)20(23)24/h7-9,15H,5-6H2,1-4H3,(H,18,22)/t15-/m0/s1. The van der Waals surface area contributed by atoms with Crippen LogP contribution in [-0.2, 0) is 9.53 Å². The van der Waals surface area contributed by atoms with E-state index in [2.05, 4.69) is 5.32 Å². The minimum Gasteiger partial charge on any atom is -0.490 e. The zero-order valence-corrected chi connectivity index (χ0v) is 15.1. The highest BCUT2D eigenvalue weighted by molar-refractivity contribution is 5.95. The first-order valence-corrected chi connectivity index (χ1v) is 8.13. The summed E-state index contributed by atoms with van der Waals surface area (Å²) in [5, 5.41) is 14.0. The molecule has 0 saturated heterocycles. The minimum atomic E-state index is -0.853. The molecule has 9 heteroatoms. The Morgan fingerprint density at radius 1 is 1.38 bits per heavy atom. The molecule has 0 aromatic heterocycles. The SMILES string of the molecule is CCOC(=O)C1=C(C)N(CC)C(=O)N[C@H]1c1ccc(OC)c([N+](=O)[O-])c1. The van der Waals surface area contributed by atoms with Gasteiger partial charge in [-0.1, -0.05) is 6.07 Å². The molecule has 1 N–H and O–H groups in total. The van der Waals surface area contributed by atoms with Crippen LogP contribution >= 0.6 is 0 Å². The van der Waals surface area contributed by atoms with Crippen LogP contribution in [0.4, 0.5) is 10.5 Å². The second kappa shape index (κ2) is 7.85. The van der Waals surface area contributed by atoms with Gasteiger partial charge in [-0.2, -0.15) is 0 Å². The zero-order valence-electron chi connectivity index (χ0n) is 15.1. The van der Waals surface area contributed by atoms with Gasteiger partial charge in [0.15, 0.2) is 5.75 Å². The Balaban J connectivity index is 2.60. The third kappa shape index (κ3) is 3.46. The van der Waals surface area contributed by atoms with Crippen molar-refractivity contribution in [3.8, 4) is 5.75 Å². The number of amides is 2. The van der Waals surface area contributed by atoms with Crippen molar-refractivity contribution < 1.29 is 24.0 Å². The molecule has 0 radical (unpaired) electrons. The van der Waals surface area contributed by atoms with Gasteiger partial charge in [-0.05, 0) is 32.4 Å². The average molecular weight is 363 g/mol. The fourth-order valence-corrected chi connectivity index (χ4v) is 2.91. The molecule has 0 bridgehead atoms. The number of methoxy groups -OCH3 is 1. The van der Waals surface area contributed by atoms with Gasteiger partial charge in [0.2, 0.25) is 0 Å². The van der Waals surface area contributed by atoms with Crippen LogP contribution in [0.1, 0.15) is 32.4 Å². The molecule has 26 heavy (non-hydrogen) atoms. The van der Waals surface area contributed by atoms with E-state index in [1.54, 1.807) is 26.8 Å². The predicted octanol–water partition coefficient (Wildman–Crippen LogP) is 2.53. The monoisotopic (exact) mass is 363 g/mol. The summed E-state index contributed by atoms with van der Waals surface area (Å²) in [6.07, 6.45) is 0. The van der Waals surface area contributed by atoms with Gasteiger partial charge in [0.05, 0.1) is 30.3 Å². The fourth-order valence-electron chi connectivity index (χ4n) is 2.91. The number of nitro benzene ring substituents is 1. The third-order valence-electron chi connectivity index (χ3n) is 4.14. The average Bonchev–Trinajstić information content (AvgIpc) is 2.61. The van der Waals surface area contributed by atoms with Crippen molar-refractivity contribution in [2.45, 2.75) is 26.8 Å². The maximum absolute atomic E-state index is 12.5. The first-order valence-electron chi connectivity index (χ1n) is 8.13. The molecular formula is C17H21N3O6. The summed E-state index contributed by atoms with van der Waals surface area (Å²) in [5.74, 6) is -0.485. The predicted molar refractivity (Wildman–Crippen MR) is 92.6 cm³/mol. The number of urea groups is 1. The van der Waals surface area contributed by atoms with Crippen molar-refractivity contribution >= 4 is 17.7 Å². The van der Waals surface area contributed by atoms with E-state index in [4.69, 9.17) is 9.47 Å². The molecule has 1 heterocycles. The first kappa shape index (κ1) is 19.2. The fraction of sp³-hybridized carbons (Fsp3) is 0.412. The number of hydrogen-bond acceptors (Lipinski definition) is 6. The van der Waals surface area contributed by atoms with Gasteiger partial charge in [-0.25, -0.2) is 9.59 Å². The molecule has 9 nitrogen and oxygen atoms in total. The van der Waals surface area contributed by atoms with E-state index in [0.717, 1.165) is 0 Å². The topological polar surface area (TPSA) is 111 Å². The molecule has 1 aromatic carbocycles. The summed E-state index contributed by atoms with van der Waals surface area (Å²) in [4.78, 5) is 37.0. The van der Waals surface area contributed by atoms with E-state index in [9.17, 15) is 19.7 Å². The number of carbonyl (C=O) groups excluding carboxylic acids is 2. The summed E-state index contributed by atoms with van der Waals surface area (Å²) >= 11 is 0. The highest BCUT2D eigenvalue weighted by Gasteiger charge is 2.36. The largest absolute Gasteiger partial charge is 0.490 e. The van der Waals surface area contributed by atoms with Crippen LogP contribution in [0.25, 0.3) is 0 Å². The van der Waals surface area contributed by atoms with Gasteiger partial charge in [0, 0.05) is 18.3 Å². The molecule has 0 aliphatic carbocycles. The number of hydrogen-bond donors (Lipinski definition) is 1. The van der Waals surface area contributed by atoms with Gasteiger partial charge < -0.3 is 14.8 Å². The van der Waals surface area contributed by atoms with Gasteiger partial charge in [-0.15, -0.1) is 0 Å². The summed E-state index contributed by atoms with van der Waals surface area (Å²) in [7, 11) is 1.33. The number of nitro groups is 1. The number of rotatable bonds is 6. The van der Waals surface area contributed by atoms with Gasteiger partial charge in [0.25, 0.3) is 0 Å². The van der Waals surface area contributed by atoms with Crippen LogP contribution in [0.3, 0.4) is 0 Å². The Kier molecular flexibility index (Phi) is 5.81. The lowest BCUT2D eigenvalue weighted by molar-refractivity contribution is -0.385. The molecule has 0 fully saturated rings. The van der Waals surface area contributed by atoms with Crippen LogP contribution in [0.2, 0.25) is 0 Å². The van der Waals surface area contributed by atoms with Crippen molar-refractivity contribution in [1.29, 1.82) is 0 Å². The van der Waals surface area contributed by atoms with Gasteiger partial charge in [0.1, 0.15) is 0 Å². The molecule has 2 rings (SSSR count). The van der Waals surface area contributed by atoms with Gasteiger partial charge >= 0.3 is 17.7 Å². The number of ether oxygens (including phenoxy) is 2. The van der Waals surface area contributed by atoms with E-state index >= 15 is 0 Å². The molecule has 1 aromatic rings. The van der Waals surface area contributed by atoms with Crippen molar-refractivity contribution in [1.82, 2.24) is 10.2 Å². The number of benzene rings is 1. The van der Waals surface area contributed by atoms with Crippen molar-refractivity contribution in [2.75, 3.05) is 20.3 Å². The number of nitrogens with one attached hydrogen (secondary N) is 1. The maximum atomic E-state index is 12.5. The van der Waals surface area contributed by atoms with E-state index in [0.29, 0.717) is 17.8 Å². The second-order valence-electron chi connectivity index (χ2n) is 5.53. The molecule has 140 valence electrons. The quantitative estimate of drug-likeness (QED) is 0.472. The summed E-state index contributed by atoms with van der Waals surface area (Å²) in [5.41, 5.74) is 0.841. The smallest absolute Gasteiger partial charge is 0.338 e. The molecule has 0 saturated carbocycles. The Hall–Kier alpha value is -3.10. The van der Waals surface area contributed by atoms with Crippen molar-refractivity contribution in [2.24, 2.45) is 0 Å². The highest BCUT2D eigenvalue weighted by atomic mass is 16.6. The van der Waals surface area contributed by atoms with Crippen LogP contribution < -0.4 is 10.1 Å². The van der Waals surface area contributed by atoms with E-state index in [-0.39, 0.29) is 29.6 Å². The minimum absolute atomic E-state index is 0.0921. The van der Waals surface area contributed by atoms with Crippen LogP contribution in [-0.4, -0.2) is 42.1 Å². The van der Waals surface area contributed by atoms with E-state index in [1.165, 1.54) is 24.1 Å². The lowest BCUT2D eigenvalue weighted by Gasteiger charge is -2.34. The Bertz CT molecular complexity index is 774. The molecule has 1 aliphatic rings. The lowest BCUT2D eigenvalue weighted by atomic mass is 9.94. The number of nitrogens with zero attached hydrogens (tertiary/aromatic N) is 2. The van der Waals surface area contributed by atoms with Crippen molar-refractivity contribution in [3.05, 3.63) is 45.1 Å². The first-order chi connectivity index (χ1) is 12.3. The van der Waals surface area contributed by atoms with Crippen molar-refractivity contribution in [3.63, 3.8) is 0 Å². The molecule has 0 spiro atoms. The lowest BCUT2D eigenvalue weighted by Crippen LogP contribution is -2.47. The summed E-state index contributed by atoms with van der Waals surface area (Å²) in [6.45, 7) is 5.66. The molecular weight excluding hydrogens is 342 g/mol. The normalized spacial score (nSPS) is 17.0. The van der Waals surface area contributed by atoms with Gasteiger partial charge in [-0.3, -0.25) is 15.0 Å². The second-order valence-corrected chi connectivity index (χ2v) is 5.53. The Morgan fingerprint density at radius 2 is 2.08 bits per heavy atom. The molecule has 1 atom stereocenters. The number of esters is 1. The zero-order chi connectivity index (χ0) is 19.4. The van der Waals surface area contributed by atoms with Crippen LogP contribution in [0, 0.1) is 10.1 Å². The third-order valence-corrected chi connectivity index (χ3v) is 4.14. The molecule has 0 unspecified atom stereocenters. The number of carbonyl (C=O) groups is 2. The Morgan fingerprint density at radius 3 is 2.62 bits per heavy atom. The summed E-state index contributed by atoms with van der Waals surface area (Å²) in [6, 6.07) is 3.06. The number of allylic oxidation sites excluding steroid dienone is 1. The molecule has 1 aliphatic heterocycles. The Labute approximate surface area is 150 Å². The van der Waals surface area contributed by atoms with E-state index in [1.807, 2.05) is 0 Å². The van der Waals surface area contributed by atoms with E-state index < -0.39 is 16.9 Å². The maximum Gasteiger partial charge on any atom is 0.338 e. The summed E-state index contributed by atoms with van der Waals surface area (Å²) < 4.78 is 10.1. The highest BCUT2D eigenvalue weighted by Crippen LogP contribution is 2.35. The van der Waals surface area contributed by atoms with Crippen LogP contribution in [0.15, 0.2) is 29.5 Å². The van der Waals surface area contributed by atoms with Crippen LogP contribution in [0.5, 0.6) is 5.75 Å².